The maximum absolute atomic E-state index is 12.6. The van der Waals surface area contributed by atoms with Gasteiger partial charge in [0.15, 0.2) is 0 Å². The number of carboxylic acid groups (broad SMARTS) is 1. The highest BCUT2D eigenvalue weighted by Crippen LogP contribution is 2.25. The highest BCUT2D eigenvalue weighted by Gasteiger charge is 2.33. The summed E-state index contributed by atoms with van der Waals surface area (Å²) in [5, 5.41) is 19.2. The van der Waals surface area contributed by atoms with E-state index >= 15 is 0 Å². The minimum atomic E-state index is -1.07. The number of β-amino-alcohol motifs (C(OH)–C–C–N with tert-alkyl or cyclic N) is 1. The number of piperidine rings is 1. The molecule has 2 heterocycles. The summed E-state index contributed by atoms with van der Waals surface area (Å²) in [4.78, 5) is 28.0. The smallest absolute Gasteiger partial charge is 0.352 e. The standard InChI is InChI=1S/C14H20N2O4/c1-8-10(9(2)15-11(8)13(18)19)12(17)16-6-4-5-14(3,20)7-16/h15,20H,4-7H2,1-3H3,(H,18,19). The first-order valence-corrected chi connectivity index (χ1v) is 6.67. The minimum absolute atomic E-state index is 0.0506. The number of rotatable bonds is 2. The van der Waals surface area contributed by atoms with Crippen LogP contribution >= 0.6 is 0 Å². The van der Waals surface area contributed by atoms with E-state index in [1.807, 2.05) is 0 Å². The topological polar surface area (TPSA) is 93.6 Å². The first-order valence-electron chi connectivity index (χ1n) is 6.67. The van der Waals surface area contributed by atoms with Gasteiger partial charge in [-0.15, -0.1) is 0 Å². The molecule has 1 saturated heterocycles. The zero-order valence-electron chi connectivity index (χ0n) is 12.0. The van der Waals surface area contributed by atoms with Crippen LogP contribution in [0.25, 0.3) is 0 Å². The molecule has 1 atom stereocenters. The van der Waals surface area contributed by atoms with E-state index in [2.05, 4.69) is 4.98 Å². The second kappa shape index (κ2) is 4.94. The van der Waals surface area contributed by atoms with Gasteiger partial charge >= 0.3 is 5.97 Å². The quantitative estimate of drug-likeness (QED) is 0.761. The zero-order chi connectivity index (χ0) is 15.1. The SMILES string of the molecule is Cc1[nH]c(C(=O)O)c(C)c1C(=O)N1CCCC(C)(O)C1. The van der Waals surface area contributed by atoms with Crippen LogP contribution in [0.3, 0.4) is 0 Å². The van der Waals surface area contributed by atoms with Crippen LogP contribution in [0.2, 0.25) is 0 Å². The van der Waals surface area contributed by atoms with Gasteiger partial charge in [0.05, 0.1) is 11.2 Å². The van der Waals surface area contributed by atoms with Crippen LogP contribution in [0, 0.1) is 13.8 Å². The number of aromatic amines is 1. The molecule has 0 radical (unpaired) electrons. The summed E-state index contributed by atoms with van der Waals surface area (Å²) in [6.45, 7) is 5.89. The first kappa shape index (κ1) is 14.6. The number of H-pyrrole nitrogens is 1. The Morgan fingerprint density at radius 2 is 2.00 bits per heavy atom. The Bertz CT molecular complexity index is 560. The summed E-state index contributed by atoms with van der Waals surface area (Å²) in [6.07, 6.45) is 1.41. The molecule has 0 aromatic carbocycles. The molecule has 6 heteroatoms. The number of amides is 1. The van der Waals surface area contributed by atoms with Gasteiger partial charge in [-0.05, 0) is 39.2 Å². The van der Waals surface area contributed by atoms with Crippen molar-refractivity contribution in [3.63, 3.8) is 0 Å². The minimum Gasteiger partial charge on any atom is -0.477 e. The number of likely N-dealkylation sites (tertiary alicyclic amines) is 1. The third kappa shape index (κ3) is 2.56. The Morgan fingerprint density at radius 1 is 1.35 bits per heavy atom. The van der Waals surface area contributed by atoms with Crippen LogP contribution in [0.15, 0.2) is 0 Å². The molecule has 20 heavy (non-hydrogen) atoms. The summed E-state index contributed by atoms with van der Waals surface area (Å²) >= 11 is 0. The van der Waals surface area contributed by atoms with Gasteiger partial charge in [-0.2, -0.15) is 0 Å². The monoisotopic (exact) mass is 280 g/mol. The third-order valence-electron chi connectivity index (χ3n) is 3.83. The fourth-order valence-corrected chi connectivity index (χ4v) is 2.84. The molecule has 1 amide bonds. The number of aromatic carboxylic acids is 1. The van der Waals surface area contributed by atoms with Gasteiger partial charge in [-0.25, -0.2) is 4.79 Å². The van der Waals surface area contributed by atoms with Crippen molar-refractivity contribution in [2.24, 2.45) is 0 Å². The lowest BCUT2D eigenvalue weighted by molar-refractivity contribution is -0.0108. The summed E-state index contributed by atoms with van der Waals surface area (Å²) in [5.41, 5.74) is 0.580. The van der Waals surface area contributed by atoms with Crippen LogP contribution in [-0.2, 0) is 0 Å². The van der Waals surface area contributed by atoms with Gasteiger partial charge in [0.25, 0.3) is 5.91 Å². The number of carbonyl (C=O) groups excluding carboxylic acids is 1. The number of hydrogen-bond donors (Lipinski definition) is 3. The van der Waals surface area contributed by atoms with Crippen LogP contribution in [0.1, 0.15) is 51.9 Å². The lowest BCUT2D eigenvalue weighted by Gasteiger charge is -2.37. The Labute approximate surface area is 117 Å². The van der Waals surface area contributed by atoms with E-state index < -0.39 is 11.6 Å². The average Bonchev–Trinajstić information content (AvgIpc) is 2.63. The molecule has 110 valence electrons. The molecule has 1 aliphatic heterocycles. The van der Waals surface area contributed by atoms with Gasteiger partial charge in [0.1, 0.15) is 5.69 Å². The maximum Gasteiger partial charge on any atom is 0.352 e. The number of carboxylic acids is 1. The largest absolute Gasteiger partial charge is 0.477 e. The third-order valence-corrected chi connectivity index (χ3v) is 3.83. The average molecular weight is 280 g/mol. The number of hydrogen-bond acceptors (Lipinski definition) is 3. The van der Waals surface area contributed by atoms with Gasteiger partial charge in [-0.3, -0.25) is 4.79 Å². The van der Waals surface area contributed by atoms with Crippen molar-refractivity contribution in [1.29, 1.82) is 0 Å². The molecular weight excluding hydrogens is 260 g/mol. The van der Waals surface area contributed by atoms with E-state index in [4.69, 9.17) is 5.11 Å². The summed E-state index contributed by atoms with van der Waals surface area (Å²) in [7, 11) is 0. The Kier molecular flexibility index (Phi) is 3.60. The Balaban J connectivity index is 2.32. The van der Waals surface area contributed by atoms with Gasteiger partial charge in [0.2, 0.25) is 0 Å². The van der Waals surface area contributed by atoms with E-state index in [9.17, 15) is 14.7 Å². The molecule has 1 aromatic heterocycles. The first-order chi connectivity index (χ1) is 9.23. The number of aliphatic hydroxyl groups is 1. The van der Waals surface area contributed by atoms with Crippen molar-refractivity contribution < 1.29 is 19.8 Å². The molecule has 6 nitrogen and oxygen atoms in total. The summed E-state index contributed by atoms with van der Waals surface area (Å²) in [6, 6.07) is 0. The predicted octanol–water partition coefficient (Wildman–Crippen LogP) is 1.32. The van der Waals surface area contributed by atoms with E-state index in [0.29, 0.717) is 29.8 Å². The fourth-order valence-electron chi connectivity index (χ4n) is 2.84. The van der Waals surface area contributed by atoms with E-state index in [-0.39, 0.29) is 18.1 Å². The van der Waals surface area contributed by atoms with Crippen molar-refractivity contribution >= 4 is 11.9 Å². The second-order valence-corrected chi connectivity index (χ2v) is 5.76. The van der Waals surface area contributed by atoms with Crippen LogP contribution in [0.5, 0.6) is 0 Å². The van der Waals surface area contributed by atoms with Crippen molar-refractivity contribution in [2.45, 2.75) is 39.2 Å². The number of aromatic nitrogens is 1. The molecule has 1 aromatic rings. The molecule has 1 fully saturated rings. The van der Waals surface area contributed by atoms with Gasteiger partial charge < -0.3 is 20.1 Å². The number of nitrogens with zero attached hydrogens (tertiary/aromatic N) is 1. The van der Waals surface area contributed by atoms with E-state index in [0.717, 1.165) is 6.42 Å². The molecule has 0 aliphatic carbocycles. The lowest BCUT2D eigenvalue weighted by atomic mass is 9.94. The number of nitrogens with one attached hydrogen (secondary N) is 1. The summed E-state index contributed by atoms with van der Waals surface area (Å²) in [5.74, 6) is -1.29. The molecule has 0 spiro atoms. The maximum atomic E-state index is 12.6. The van der Waals surface area contributed by atoms with Crippen LogP contribution < -0.4 is 0 Å². The molecular formula is C14H20N2O4. The van der Waals surface area contributed by atoms with E-state index in [1.54, 1.807) is 25.7 Å². The number of aryl methyl sites for hydroxylation is 1. The van der Waals surface area contributed by atoms with Crippen molar-refractivity contribution in [3.8, 4) is 0 Å². The lowest BCUT2D eigenvalue weighted by Crippen LogP contribution is -2.48. The normalized spacial score (nSPS) is 22.9. The molecule has 1 aliphatic rings. The van der Waals surface area contributed by atoms with Crippen molar-refractivity contribution in [2.75, 3.05) is 13.1 Å². The van der Waals surface area contributed by atoms with Gasteiger partial charge in [-0.1, -0.05) is 0 Å². The molecule has 2 rings (SSSR count). The van der Waals surface area contributed by atoms with Crippen molar-refractivity contribution in [1.82, 2.24) is 9.88 Å². The van der Waals surface area contributed by atoms with Crippen molar-refractivity contribution in [3.05, 3.63) is 22.5 Å². The highest BCUT2D eigenvalue weighted by molar-refractivity contribution is 6.00. The highest BCUT2D eigenvalue weighted by atomic mass is 16.4. The fraction of sp³-hybridized carbons (Fsp3) is 0.571. The van der Waals surface area contributed by atoms with Crippen LogP contribution in [-0.4, -0.2) is 50.7 Å². The Morgan fingerprint density at radius 3 is 2.50 bits per heavy atom. The van der Waals surface area contributed by atoms with E-state index in [1.165, 1.54) is 0 Å². The zero-order valence-corrected chi connectivity index (χ0v) is 12.0. The number of carbonyl (C=O) groups is 2. The van der Waals surface area contributed by atoms with Crippen LogP contribution in [0.4, 0.5) is 0 Å². The Hall–Kier alpha value is -1.82. The summed E-state index contributed by atoms with van der Waals surface area (Å²) < 4.78 is 0. The molecule has 0 bridgehead atoms. The van der Waals surface area contributed by atoms with Gasteiger partial charge in [0, 0.05) is 18.8 Å². The predicted molar refractivity (Wildman–Crippen MR) is 73.0 cm³/mol. The molecule has 3 N–H and O–H groups in total. The second-order valence-electron chi connectivity index (χ2n) is 5.76. The molecule has 0 saturated carbocycles. The molecule has 1 unspecified atom stereocenters.